The molecule has 14 heavy (non-hydrogen) atoms. The zero-order valence-corrected chi connectivity index (χ0v) is 8.44. The van der Waals surface area contributed by atoms with Gasteiger partial charge in [-0.2, -0.15) is 0 Å². The number of aliphatic hydroxyl groups excluding tert-OH is 1. The monoisotopic (exact) mass is 192 g/mol. The Bertz CT molecular complexity index is 305. The van der Waals surface area contributed by atoms with Crippen molar-refractivity contribution < 1.29 is 9.84 Å². The van der Waals surface area contributed by atoms with Crippen molar-refractivity contribution in [2.45, 2.75) is 25.4 Å². The Labute approximate surface area is 84.5 Å². The van der Waals surface area contributed by atoms with Crippen LogP contribution in [-0.4, -0.2) is 18.3 Å². The van der Waals surface area contributed by atoms with Crippen LogP contribution in [0.15, 0.2) is 24.3 Å². The van der Waals surface area contributed by atoms with Crippen molar-refractivity contribution in [3.05, 3.63) is 29.8 Å². The van der Waals surface area contributed by atoms with E-state index in [-0.39, 0.29) is 6.10 Å². The average molecular weight is 192 g/mol. The summed E-state index contributed by atoms with van der Waals surface area (Å²) in [5, 5.41) is 9.77. The Morgan fingerprint density at radius 1 is 1.50 bits per heavy atom. The Balaban J connectivity index is 2.00. The number of rotatable bonds is 4. The molecule has 1 aromatic carbocycles. The van der Waals surface area contributed by atoms with Gasteiger partial charge in [0.2, 0.25) is 0 Å². The molecule has 0 aromatic heterocycles. The van der Waals surface area contributed by atoms with E-state index in [1.807, 2.05) is 24.3 Å². The third-order valence-electron chi connectivity index (χ3n) is 2.75. The van der Waals surface area contributed by atoms with E-state index in [0.29, 0.717) is 5.92 Å². The van der Waals surface area contributed by atoms with Gasteiger partial charge in [0.15, 0.2) is 0 Å². The molecule has 0 spiro atoms. The molecule has 1 aliphatic rings. The molecule has 1 aliphatic carbocycles. The highest BCUT2D eigenvalue weighted by Crippen LogP contribution is 2.34. The van der Waals surface area contributed by atoms with Crippen LogP contribution >= 0.6 is 0 Å². The molecule has 0 amide bonds. The van der Waals surface area contributed by atoms with E-state index in [9.17, 15) is 5.11 Å². The summed E-state index contributed by atoms with van der Waals surface area (Å²) >= 11 is 0. The van der Waals surface area contributed by atoms with Gasteiger partial charge in [0, 0.05) is 0 Å². The van der Waals surface area contributed by atoms with Gasteiger partial charge in [-0.15, -0.1) is 0 Å². The maximum Gasteiger partial charge on any atom is 0.119 e. The summed E-state index contributed by atoms with van der Waals surface area (Å²) in [5.41, 5.74) is 1.16. The molecular formula is C12H16O2. The molecular weight excluding hydrogens is 176 g/mol. The summed E-state index contributed by atoms with van der Waals surface area (Å²) in [4.78, 5) is 0. The molecule has 1 aromatic rings. The van der Waals surface area contributed by atoms with E-state index in [0.717, 1.165) is 17.7 Å². The molecule has 1 unspecified atom stereocenters. The maximum atomic E-state index is 9.77. The van der Waals surface area contributed by atoms with Gasteiger partial charge < -0.3 is 9.84 Å². The van der Waals surface area contributed by atoms with Crippen LogP contribution in [-0.2, 0) is 6.42 Å². The van der Waals surface area contributed by atoms with Crippen molar-refractivity contribution in [2.24, 2.45) is 5.92 Å². The van der Waals surface area contributed by atoms with Crippen molar-refractivity contribution in [1.82, 2.24) is 0 Å². The van der Waals surface area contributed by atoms with Crippen molar-refractivity contribution in [3.8, 4) is 5.75 Å². The number of benzene rings is 1. The number of methoxy groups -OCH3 is 1. The highest BCUT2D eigenvalue weighted by Gasteiger charge is 2.29. The fraction of sp³-hybridized carbons (Fsp3) is 0.500. The van der Waals surface area contributed by atoms with Crippen molar-refractivity contribution in [1.29, 1.82) is 0 Å². The van der Waals surface area contributed by atoms with E-state index < -0.39 is 0 Å². The highest BCUT2D eigenvalue weighted by molar-refractivity contribution is 5.28. The molecule has 1 saturated carbocycles. The van der Waals surface area contributed by atoms with Gasteiger partial charge in [0.05, 0.1) is 13.2 Å². The number of aliphatic hydroxyl groups is 1. The minimum Gasteiger partial charge on any atom is -0.497 e. The minimum atomic E-state index is -0.165. The van der Waals surface area contributed by atoms with Crippen molar-refractivity contribution >= 4 is 0 Å². The van der Waals surface area contributed by atoms with Crippen molar-refractivity contribution in [3.63, 3.8) is 0 Å². The first kappa shape index (κ1) is 9.53. The summed E-state index contributed by atoms with van der Waals surface area (Å²) in [6, 6.07) is 7.92. The van der Waals surface area contributed by atoms with Crippen LogP contribution in [0.1, 0.15) is 18.4 Å². The first-order valence-corrected chi connectivity index (χ1v) is 5.10. The normalized spacial score (nSPS) is 17.9. The van der Waals surface area contributed by atoms with Gasteiger partial charge in [-0.3, -0.25) is 0 Å². The molecule has 2 rings (SSSR count). The molecule has 0 aliphatic heterocycles. The zero-order chi connectivity index (χ0) is 9.97. The largest absolute Gasteiger partial charge is 0.497 e. The van der Waals surface area contributed by atoms with Gasteiger partial charge in [-0.1, -0.05) is 12.1 Å². The van der Waals surface area contributed by atoms with Crippen molar-refractivity contribution in [2.75, 3.05) is 7.11 Å². The Hall–Kier alpha value is -1.02. The van der Waals surface area contributed by atoms with Gasteiger partial charge >= 0.3 is 0 Å². The molecule has 2 heteroatoms. The van der Waals surface area contributed by atoms with Crippen LogP contribution in [0, 0.1) is 5.92 Å². The Morgan fingerprint density at radius 3 is 2.93 bits per heavy atom. The van der Waals surface area contributed by atoms with E-state index in [1.165, 1.54) is 12.8 Å². The third kappa shape index (κ3) is 2.26. The topological polar surface area (TPSA) is 29.5 Å². The van der Waals surface area contributed by atoms with Crippen LogP contribution < -0.4 is 4.74 Å². The molecule has 0 radical (unpaired) electrons. The summed E-state index contributed by atoms with van der Waals surface area (Å²) < 4.78 is 5.13. The summed E-state index contributed by atoms with van der Waals surface area (Å²) in [5.74, 6) is 1.41. The molecule has 76 valence electrons. The number of hydrogen-bond donors (Lipinski definition) is 1. The SMILES string of the molecule is COc1cccc(CC(O)C2CC2)c1. The van der Waals surface area contributed by atoms with E-state index in [1.54, 1.807) is 7.11 Å². The lowest BCUT2D eigenvalue weighted by molar-refractivity contribution is 0.151. The predicted octanol–water partition coefficient (Wildman–Crippen LogP) is 2.01. The second-order valence-corrected chi connectivity index (χ2v) is 3.96. The lowest BCUT2D eigenvalue weighted by Crippen LogP contribution is -2.12. The second-order valence-electron chi connectivity index (χ2n) is 3.96. The Kier molecular flexibility index (Phi) is 2.73. The number of hydrogen-bond acceptors (Lipinski definition) is 2. The summed E-state index contributed by atoms with van der Waals surface area (Å²) in [6.07, 6.45) is 2.96. The fourth-order valence-corrected chi connectivity index (χ4v) is 1.69. The molecule has 0 saturated heterocycles. The van der Waals surface area contributed by atoms with Crippen LogP contribution in [0.3, 0.4) is 0 Å². The summed E-state index contributed by atoms with van der Waals surface area (Å²) in [6.45, 7) is 0. The molecule has 0 bridgehead atoms. The smallest absolute Gasteiger partial charge is 0.119 e. The van der Waals surface area contributed by atoms with Crippen LogP contribution in [0.4, 0.5) is 0 Å². The van der Waals surface area contributed by atoms with Crippen LogP contribution in [0.5, 0.6) is 5.75 Å². The molecule has 0 heterocycles. The van der Waals surface area contributed by atoms with E-state index >= 15 is 0 Å². The van der Waals surface area contributed by atoms with E-state index in [2.05, 4.69) is 0 Å². The molecule has 1 fully saturated rings. The summed E-state index contributed by atoms with van der Waals surface area (Å²) in [7, 11) is 1.66. The predicted molar refractivity (Wildman–Crippen MR) is 55.4 cm³/mol. The van der Waals surface area contributed by atoms with E-state index in [4.69, 9.17) is 4.74 Å². The lowest BCUT2D eigenvalue weighted by atomic mass is 10.0. The molecule has 1 atom stereocenters. The fourth-order valence-electron chi connectivity index (χ4n) is 1.69. The quantitative estimate of drug-likeness (QED) is 0.790. The first-order chi connectivity index (χ1) is 6.79. The third-order valence-corrected chi connectivity index (χ3v) is 2.75. The Morgan fingerprint density at radius 2 is 2.29 bits per heavy atom. The van der Waals surface area contributed by atoms with Crippen LogP contribution in [0.2, 0.25) is 0 Å². The highest BCUT2D eigenvalue weighted by atomic mass is 16.5. The standard InChI is InChI=1S/C12H16O2/c1-14-11-4-2-3-9(7-11)8-12(13)10-5-6-10/h2-4,7,10,12-13H,5-6,8H2,1H3. The molecule has 1 N–H and O–H groups in total. The van der Waals surface area contributed by atoms with Crippen LogP contribution in [0.25, 0.3) is 0 Å². The zero-order valence-electron chi connectivity index (χ0n) is 8.44. The molecule has 2 nitrogen and oxygen atoms in total. The lowest BCUT2D eigenvalue weighted by Gasteiger charge is -2.09. The van der Waals surface area contributed by atoms with Gasteiger partial charge in [-0.05, 0) is 42.9 Å². The maximum absolute atomic E-state index is 9.77. The number of ether oxygens (including phenoxy) is 1. The second kappa shape index (κ2) is 4.01. The van der Waals surface area contributed by atoms with Gasteiger partial charge in [0.1, 0.15) is 5.75 Å². The average Bonchev–Trinajstić information content (AvgIpc) is 3.01. The first-order valence-electron chi connectivity index (χ1n) is 5.10. The minimum absolute atomic E-state index is 0.165. The van der Waals surface area contributed by atoms with Gasteiger partial charge in [-0.25, -0.2) is 0 Å². The van der Waals surface area contributed by atoms with Gasteiger partial charge in [0.25, 0.3) is 0 Å².